The molecule has 2 atom stereocenters. The Morgan fingerprint density at radius 3 is 2.00 bits per heavy atom. The second-order valence-electron chi connectivity index (χ2n) is 5.92. The fourth-order valence-electron chi connectivity index (χ4n) is 2.72. The lowest BCUT2D eigenvalue weighted by atomic mass is 9.98. The van der Waals surface area contributed by atoms with Gasteiger partial charge in [0.05, 0.1) is 0 Å². The Morgan fingerprint density at radius 1 is 1.12 bits per heavy atom. The fourth-order valence-corrected chi connectivity index (χ4v) is 2.72. The summed E-state index contributed by atoms with van der Waals surface area (Å²) >= 11 is 0. The maximum absolute atomic E-state index is 10.9. The van der Waals surface area contributed by atoms with Gasteiger partial charge in [-0.15, -0.1) is 0 Å². The minimum atomic E-state index is -0.708. The highest BCUT2D eigenvalue weighted by Crippen LogP contribution is 2.49. The number of carboxylic acids is 1. The van der Waals surface area contributed by atoms with Crippen LogP contribution in [0.2, 0.25) is 0 Å². The zero-order chi connectivity index (χ0) is 12.6. The van der Waals surface area contributed by atoms with Gasteiger partial charge in [-0.1, -0.05) is 6.92 Å². The van der Waals surface area contributed by atoms with Crippen molar-refractivity contribution in [2.24, 2.45) is 5.41 Å². The quantitative estimate of drug-likeness (QED) is 0.803. The van der Waals surface area contributed by atoms with E-state index in [0.29, 0.717) is 11.5 Å². The number of nitrogens with zero attached hydrogens (tertiary/aromatic N) is 2. The van der Waals surface area contributed by atoms with Gasteiger partial charge in [-0.2, -0.15) is 0 Å². The first-order chi connectivity index (χ1) is 7.94. The number of carboxylic acid groups (broad SMARTS) is 1. The molecule has 2 aliphatic rings. The van der Waals surface area contributed by atoms with Crippen LogP contribution >= 0.6 is 0 Å². The lowest BCUT2D eigenvalue weighted by Crippen LogP contribution is -2.55. The highest BCUT2D eigenvalue weighted by atomic mass is 16.4. The van der Waals surface area contributed by atoms with Crippen molar-refractivity contribution in [3.05, 3.63) is 0 Å². The van der Waals surface area contributed by atoms with Crippen LogP contribution in [0.25, 0.3) is 0 Å². The first kappa shape index (κ1) is 12.8. The van der Waals surface area contributed by atoms with E-state index >= 15 is 0 Å². The Bertz CT molecular complexity index is 294. The molecule has 1 heterocycles. The second kappa shape index (κ2) is 4.58. The van der Waals surface area contributed by atoms with Crippen LogP contribution in [-0.4, -0.2) is 59.1 Å². The van der Waals surface area contributed by atoms with Crippen LogP contribution in [0.1, 0.15) is 33.6 Å². The van der Waals surface area contributed by atoms with Gasteiger partial charge in [0.25, 0.3) is 0 Å². The first-order valence-electron chi connectivity index (χ1n) is 6.65. The number of carbonyl (C=O) groups is 1. The summed E-state index contributed by atoms with van der Waals surface area (Å²) in [5, 5.41) is 8.99. The predicted molar refractivity (Wildman–Crippen MR) is 67.0 cm³/mol. The third kappa shape index (κ3) is 2.63. The molecule has 1 N–H and O–H groups in total. The highest BCUT2D eigenvalue weighted by molar-refractivity contribution is 5.72. The molecule has 4 nitrogen and oxygen atoms in total. The van der Waals surface area contributed by atoms with Crippen LogP contribution in [0.4, 0.5) is 0 Å². The van der Waals surface area contributed by atoms with Gasteiger partial charge in [-0.25, -0.2) is 0 Å². The predicted octanol–water partition coefficient (Wildman–Crippen LogP) is 1.27. The lowest BCUT2D eigenvalue weighted by Gasteiger charge is -2.41. The molecule has 4 heteroatoms. The molecule has 0 spiro atoms. The lowest BCUT2D eigenvalue weighted by molar-refractivity contribution is -0.143. The Kier molecular flexibility index (Phi) is 3.46. The van der Waals surface area contributed by atoms with E-state index < -0.39 is 5.97 Å². The minimum absolute atomic E-state index is 0.344. The molecule has 0 amide bonds. The summed E-state index contributed by atoms with van der Waals surface area (Å²) in [5.74, 6) is -0.708. The van der Waals surface area contributed by atoms with Gasteiger partial charge >= 0.3 is 5.97 Å². The number of piperazine rings is 1. The van der Waals surface area contributed by atoms with Crippen molar-refractivity contribution in [2.45, 2.75) is 45.7 Å². The molecule has 1 saturated carbocycles. The molecule has 2 unspecified atom stereocenters. The molecular weight excluding hydrogens is 216 g/mol. The molecule has 17 heavy (non-hydrogen) atoms. The third-order valence-corrected chi connectivity index (χ3v) is 4.85. The average Bonchev–Trinajstić information content (AvgIpc) is 3.07. The van der Waals surface area contributed by atoms with Crippen LogP contribution in [0.3, 0.4) is 0 Å². The maximum atomic E-state index is 10.9. The second-order valence-corrected chi connectivity index (χ2v) is 5.92. The van der Waals surface area contributed by atoms with E-state index in [9.17, 15) is 4.79 Å². The highest BCUT2D eigenvalue weighted by Gasteiger charge is 2.45. The van der Waals surface area contributed by atoms with Crippen molar-refractivity contribution >= 4 is 5.97 Å². The summed E-state index contributed by atoms with van der Waals surface area (Å²) in [6.45, 7) is 10.3. The van der Waals surface area contributed by atoms with Crippen LogP contribution in [0.15, 0.2) is 0 Å². The van der Waals surface area contributed by atoms with Crippen LogP contribution in [0, 0.1) is 5.41 Å². The van der Waals surface area contributed by atoms with Crippen molar-refractivity contribution in [1.29, 1.82) is 0 Å². The number of hydrogen-bond donors (Lipinski definition) is 1. The van der Waals surface area contributed by atoms with Crippen molar-refractivity contribution in [1.82, 2.24) is 9.80 Å². The standard InChI is InChI=1S/C13H24N2O2/c1-10(12(16)17)14-6-8-15(9-7-14)11(2)13(3)4-5-13/h10-11H,4-9H2,1-3H3,(H,16,17). The van der Waals surface area contributed by atoms with Gasteiger partial charge in [-0.3, -0.25) is 14.6 Å². The summed E-state index contributed by atoms with van der Waals surface area (Å²) in [6.07, 6.45) is 2.69. The molecule has 0 bridgehead atoms. The molecule has 0 aromatic heterocycles. The van der Waals surface area contributed by atoms with E-state index in [0.717, 1.165) is 26.2 Å². The van der Waals surface area contributed by atoms with Gasteiger partial charge in [0.1, 0.15) is 6.04 Å². The summed E-state index contributed by atoms with van der Waals surface area (Å²) in [6, 6.07) is 0.300. The zero-order valence-electron chi connectivity index (χ0n) is 11.1. The molecule has 1 aliphatic heterocycles. The first-order valence-corrected chi connectivity index (χ1v) is 6.65. The molecule has 2 fully saturated rings. The zero-order valence-corrected chi connectivity index (χ0v) is 11.1. The molecule has 1 saturated heterocycles. The van der Waals surface area contributed by atoms with Crippen molar-refractivity contribution in [2.75, 3.05) is 26.2 Å². The van der Waals surface area contributed by atoms with E-state index in [-0.39, 0.29) is 6.04 Å². The molecule has 0 radical (unpaired) electrons. The van der Waals surface area contributed by atoms with Gasteiger partial charge < -0.3 is 5.11 Å². The van der Waals surface area contributed by atoms with Crippen LogP contribution in [-0.2, 0) is 4.79 Å². The fraction of sp³-hybridized carbons (Fsp3) is 0.923. The Morgan fingerprint density at radius 2 is 1.59 bits per heavy atom. The smallest absolute Gasteiger partial charge is 0.320 e. The van der Waals surface area contributed by atoms with E-state index in [1.54, 1.807) is 6.92 Å². The maximum Gasteiger partial charge on any atom is 0.320 e. The van der Waals surface area contributed by atoms with Gasteiger partial charge in [-0.05, 0) is 32.1 Å². The van der Waals surface area contributed by atoms with E-state index in [1.807, 2.05) is 0 Å². The third-order valence-electron chi connectivity index (χ3n) is 4.85. The minimum Gasteiger partial charge on any atom is -0.480 e. The monoisotopic (exact) mass is 240 g/mol. The SMILES string of the molecule is CC(C(=O)O)N1CCN(C(C)C2(C)CC2)CC1. The van der Waals surface area contributed by atoms with Gasteiger partial charge in [0.15, 0.2) is 0 Å². The van der Waals surface area contributed by atoms with Crippen LogP contribution in [0.5, 0.6) is 0 Å². The van der Waals surface area contributed by atoms with Gasteiger partial charge in [0.2, 0.25) is 0 Å². The molecule has 98 valence electrons. The van der Waals surface area contributed by atoms with E-state index in [2.05, 4.69) is 23.6 Å². The molecular formula is C13H24N2O2. The largest absolute Gasteiger partial charge is 0.480 e. The van der Waals surface area contributed by atoms with E-state index in [1.165, 1.54) is 12.8 Å². The molecule has 0 aromatic carbocycles. The van der Waals surface area contributed by atoms with Crippen molar-refractivity contribution < 1.29 is 9.90 Å². The molecule has 2 rings (SSSR count). The Balaban J connectivity index is 1.83. The van der Waals surface area contributed by atoms with Crippen molar-refractivity contribution in [3.63, 3.8) is 0 Å². The van der Waals surface area contributed by atoms with Crippen molar-refractivity contribution in [3.8, 4) is 0 Å². The summed E-state index contributed by atoms with van der Waals surface area (Å²) < 4.78 is 0. The van der Waals surface area contributed by atoms with Crippen LogP contribution < -0.4 is 0 Å². The number of rotatable bonds is 4. The summed E-state index contributed by atoms with van der Waals surface area (Å²) in [5.41, 5.74) is 0.528. The summed E-state index contributed by atoms with van der Waals surface area (Å²) in [7, 11) is 0. The topological polar surface area (TPSA) is 43.8 Å². The Hall–Kier alpha value is -0.610. The Labute approximate surface area is 104 Å². The summed E-state index contributed by atoms with van der Waals surface area (Å²) in [4.78, 5) is 15.5. The molecule has 0 aromatic rings. The average molecular weight is 240 g/mol. The van der Waals surface area contributed by atoms with Gasteiger partial charge in [0, 0.05) is 32.2 Å². The normalized spacial score (nSPS) is 28.6. The van der Waals surface area contributed by atoms with E-state index in [4.69, 9.17) is 5.11 Å². The number of hydrogen-bond acceptors (Lipinski definition) is 3. The molecule has 1 aliphatic carbocycles. The number of aliphatic carboxylic acids is 1.